The molecule has 118 valence electrons. The maximum absolute atomic E-state index is 13.1. The molecule has 1 saturated heterocycles. The highest BCUT2D eigenvalue weighted by Crippen LogP contribution is 2.33. The number of rotatable bonds is 3. The quantitative estimate of drug-likeness (QED) is 0.838. The van der Waals surface area contributed by atoms with Crippen LogP contribution in [0.15, 0.2) is 18.2 Å². The van der Waals surface area contributed by atoms with Crippen molar-refractivity contribution in [2.24, 2.45) is 11.8 Å². The Hall–Kier alpha value is -1.34. The Bertz CT molecular complexity index is 517. The van der Waals surface area contributed by atoms with Crippen molar-refractivity contribution in [1.82, 2.24) is 5.32 Å². The van der Waals surface area contributed by atoms with E-state index < -0.39 is 17.6 Å². The Labute approximate surface area is 125 Å². The van der Waals surface area contributed by atoms with E-state index in [1.165, 1.54) is 0 Å². The summed E-state index contributed by atoms with van der Waals surface area (Å²) in [7, 11) is 0. The van der Waals surface area contributed by atoms with Crippen LogP contribution in [-0.2, 0) is 11.0 Å². The number of halogens is 5. The van der Waals surface area contributed by atoms with Gasteiger partial charge in [-0.1, -0.05) is 6.92 Å². The Morgan fingerprint density at radius 2 is 2.00 bits per heavy atom. The molecule has 2 rings (SSSR count). The lowest BCUT2D eigenvalue weighted by Gasteiger charge is -2.31. The van der Waals surface area contributed by atoms with Gasteiger partial charge in [0.05, 0.1) is 5.56 Å². The third-order valence-electron chi connectivity index (χ3n) is 3.47. The van der Waals surface area contributed by atoms with E-state index in [0.29, 0.717) is 25.2 Å². The molecule has 1 aliphatic rings. The van der Waals surface area contributed by atoms with Crippen LogP contribution in [0.5, 0.6) is 0 Å². The summed E-state index contributed by atoms with van der Waals surface area (Å²) >= 11 is 0. The van der Waals surface area contributed by atoms with Crippen molar-refractivity contribution < 1.29 is 22.4 Å². The molecular formula is C13H15ClF4N2O. The molecule has 0 radical (unpaired) electrons. The van der Waals surface area contributed by atoms with Crippen molar-refractivity contribution >= 4 is 24.0 Å². The highest BCUT2D eigenvalue weighted by molar-refractivity contribution is 5.92. The molecule has 8 heteroatoms. The van der Waals surface area contributed by atoms with Gasteiger partial charge in [-0.05, 0) is 37.2 Å². The van der Waals surface area contributed by atoms with E-state index in [4.69, 9.17) is 0 Å². The molecular weight excluding hydrogens is 312 g/mol. The average Bonchev–Trinajstić information content (AvgIpc) is 2.27. The summed E-state index contributed by atoms with van der Waals surface area (Å²) in [6.45, 7) is 3.15. The third kappa shape index (κ3) is 4.07. The summed E-state index contributed by atoms with van der Waals surface area (Å²) < 4.78 is 50.8. The molecule has 3 nitrogen and oxygen atoms in total. The first-order chi connectivity index (χ1) is 9.29. The third-order valence-corrected chi connectivity index (χ3v) is 3.47. The summed E-state index contributed by atoms with van der Waals surface area (Å²) in [5.41, 5.74) is -1.43. The number of hydrogen-bond acceptors (Lipinski definition) is 2. The Morgan fingerprint density at radius 3 is 2.48 bits per heavy atom. The number of amides is 1. The van der Waals surface area contributed by atoms with Crippen LogP contribution in [0, 0.1) is 17.7 Å². The minimum absolute atomic E-state index is 0. The fraction of sp³-hybridized carbons (Fsp3) is 0.462. The monoisotopic (exact) mass is 326 g/mol. The molecule has 1 unspecified atom stereocenters. The Balaban J connectivity index is 0.00000220. The van der Waals surface area contributed by atoms with Crippen LogP contribution in [0.1, 0.15) is 12.5 Å². The summed E-state index contributed by atoms with van der Waals surface area (Å²) in [5.74, 6) is -1.85. The minimum Gasteiger partial charge on any atom is -0.326 e. The summed E-state index contributed by atoms with van der Waals surface area (Å²) in [6, 6.07) is 2.43. The first-order valence-corrected chi connectivity index (χ1v) is 6.17. The van der Waals surface area contributed by atoms with Gasteiger partial charge in [-0.25, -0.2) is 4.39 Å². The second kappa shape index (κ2) is 6.62. The van der Waals surface area contributed by atoms with E-state index in [0.717, 1.165) is 6.07 Å². The van der Waals surface area contributed by atoms with Crippen LogP contribution in [0.25, 0.3) is 0 Å². The fourth-order valence-electron chi connectivity index (χ4n) is 1.95. The predicted octanol–water partition coefficient (Wildman–Crippen LogP) is 3.06. The standard InChI is InChI=1S/C13H14F4N2O.ClH/c1-7(8-5-18-6-8)12(20)19-9-2-3-11(14)10(4-9)13(15,16)17;/h2-4,7-8,18H,5-6H2,1H3,(H,19,20);1H. The molecule has 1 heterocycles. The zero-order valence-corrected chi connectivity index (χ0v) is 11.9. The number of hydrogen-bond donors (Lipinski definition) is 2. The SMILES string of the molecule is CC(C(=O)Nc1ccc(F)c(C(F)(F)F)c1)C1CNC1.Cl. The van der Waals surface area contributed by atoms with E-state index in [1.807, 2.05) is 0 Å². The van der Waals surface area contributed by atoms with Gasteiger partial charge in [0.25, 0.3) is 0 Å². The molecule has 0 spiro atoms. The maximum atomic E-state index is 13.1. The number of carbonyl (C=O) groups excluding carboxylic acids is 1. The Morgan fingerprint density at radius 1 is 1.38 bits per heavy atom. The highest BCUT2D eigenvalue weighted by Gasteiger charge is 2.34. The van der Waals surface area contributed by atoms with E-state index in [1.54, 1.807) is 6.92 Å². The Kier molecular flexibility index (Phi) is 5.58. The summed E-state index contributed by atoms with van der Waals surface area (Å²) in [4.78, 5) is 11.9. The van der Waals surface area contributed by atoms with Gasteiger partial charge in [0, 0.05) is 11.6 Å². The van der Waals surface area contributed by atoms with Crippen LogP contribution >= 0.6 is 12.4 Å². The molecule has 0 bridgehead atoms. The van der Waals surface area contributed by atoms with Crippen LogP contribution < -0.4 is 10.6 Å². The van der Waals surface area contributed by atoms with Gasteiger partial charge in [-0.15, -0.1) is 12.4 Å². The van der Waals surface area contributed by atoms with Crippen molar-refractivity contribution in [2.45, 2.75) is 13.1 Å². The number of benzene rings is 1. The molecule has 0 aromatic heterocycles. The first kappa shape index (κ1) is 17.7. The molecule has 1 amide bonds. The normalized spacial score (nSPS) is 16.6. The van der Waals surface area contributed by atoms with Crippen LogP contribution in [-0.4, -0.2) is 19.0 Å². The number of anilines is 1. The van der Waals surface area contributed by atoms with E-state index in [-0.39, 0.29) is 35.8 Å². The average molecular weight is 327 g/mol. The minimum atomic E-state index is -4.78. The summed E-state index contributed by atoms with van der Waals surface area (Å²) in [5, 5.41) is 5.42. The van der Waals surface area contributed by atoms with Crippen molar-refractivity contribution in [2.75, 3.05) is 18.4 Å². The molecule has 0 saturated carbocycles. The first-order valence-electron chi connectivity index (χ1n) is 6.17. The van der Waals surface area contributed by atoms with Gasteiger partial charge < -0.3 is 10.6 Å². The van der Waals surface area contributed by atoms with Crippen molar-refractivity contribution in [3.63, 3.8) is 0 Å². The van der Waals surface area contributed by atoms with Crippen molar-refractivity contribution in [1.29, 1.82) is 0 Å². The molecule has 1 aromatic carbocycles. The van der Waals surface area contributed by atoms with Gasteiger partial charge in [-0.3, -0.25) is 4.79 Å². The molecule has 1 atom stereocenters. The zero-order chi connectivity index (χ0) is 14.9. The maximum Gasteiger partial charge on any atom is 0.419 e. The smallest absolute Gasteiger partial charge is 0.326 e. The molecule has 1 fully saturated rings. The van der Waals surface area contributed by atoms with Gasteiger partial charge in [-0.2, -0.15) is 13.2 Å². The number of nitrogens with one attached hydrogen (secondary N) is 2. The van der Waals surface area contributed by atoms with Crippen LogP contribution in [0.4, 0.5) is 23.2 Å². The molecule has 21 heavy (non-hydrogen) atoms. The van der Waals surface area contributed by atoms with E-state index in [2.05, 4.69) is 10.6 Å². The van der Waals surface area contributed by atoms with Crippen molar-refractivity contribution in [3.05, 3.63) is 29.6 Å². The molecule has 1 aromatic rings. The largest absolute Gasteiger partial charge is 0.419 e. The highest BCUT2D eigenvalue weighted by atomic mass is 35.5. The van der Waals surface area contributed by atoms with E-state index >= 15 is 0 Å². The zero-order valence-electron chi connectivity index (χ0n) is 11.1. The number of alkyl halides is 3. The second-order valence-electron chi connectivity index (χ2n) is 4.89. The lowest BCUT2D eigenvalue weighted by molar-refractivity contribution is -0.140. The van der Waals surface area contributed by atoms with Crippen molar-refractivity contribution in [3.8, 4) is 0 Å². The van der Waals surface area contributed by atoms with Gasteiger partial charge in [0.15, 0.2) is 0 Å². The second-order valence-corrected chi connectivity index (χ2v) is 4.89. The topological polar surface area (TPSA) is 41.1 Å². The van der Waals surface area contributed by atoms with E-state index in [9.17, 15) is 22.4 Å². The lowest BCUT2D eigenvalue weighted by Crippen LogP contribution is -2.48. The lowest BCUT2D eigenvalue weighted by atomic mass is 9.88. The number of carbonyl (C=O) groups is 1. The molecule has 1 aliphatic heterocycles. The predicted molar refractivity (Wildman–Crippen MR) is 72.8 cm³/mol. The van der Waals surface area contributed by atoms with Crippen LogP contribution in [0.3, 0.4) is 0 Å². The molecule has 0 aliphatic carbocycles. The molecule has 2 N–H and O–H groups in total. The van der Waals surface area contributed by atoms with Gasteiger partial charge >= 0.3 is 6.18 Å². The van der Waals surface area contributed by atoms with Gasteiger partial charge in [0.2, 0.25) is 5.91 Å². The fourth-order valence-corrected chi connectivity index (χ4v) is 1.95. The summed E-state index contributed by atoms with van der Waals surface area (Å²) in [6.07, 6.45) is -4.78. The van der Waals surface area contributed by atoms with Gasteiger partial charge in [0.1, 0.15) is 5.82 Å². The van der Waals surface area contributed by atoms with Crippen LogP contribution in [0.2, 0.25) is 0 Å².